The van der Waals surface area contributed by atoms with Gasteiger partial charge in [-0.25, -0.2) is 4.99 Å². The summed E-state index contributed by atoms with van der Waals surface area (Å²) in [5.74, 6) is 0.832. The molecule has 0 aromatic heterocycles. The lowest BCUT2D eigenvalue weighted by molar-refractivity contribution is 0.0827. The molecule has 2 aromatic carbocycles. The van der Waals surface area contributed by atoms with Crippen molar-refractivity contribution in [2.75, 3.05) is 33.4 Å². The van der Waals surface area contributed by atoms with E-state index >= 15 is 0 Å². The van der Waals surface area contributed by atoms with Crippen LogP contribution in [0.5, 0.6) is 0 Å². The van der Waals surface area contributed by atoms with Crippen LogP contribution in [0.1, 0.15) is 34.0 Å². The highest BCUT2D eigenvalue weighted by atomic mass is 127. The maximum absolute atomic E-state index is 12.1. The van der Waals surface area contributed by atoms with Crippen LogP contribution in [0.4, 0.5) is 0 Å². The maximum atomic E-state index is 12.1. The Hall–Kier alpha value is -1.74. The van der Waals surface area contributed by atoms with Crippen molar-refractivity contribution in [1.29, 1.82) is 0 Å². The molecule has 0 aliphatic carbocycles. The first-order chi connectivity index (χ1) is 13.9. The number of amides is 1. The first-order valence-electron chi connectivity index (χ1n) is 9.91. The maximum Gasteiger partial charge on any atom is 0.253 e. The number of hydrogen-bond acceptors (Lipinski definition) is 3. The second-order valence-corrected chi connectivity index (χ2v) is 7.94. The average Bonchev–Trinajstić information content (AvgIpc) is 2.72. The van der Waals surface area contributed by atoms with Gasteiger partial charge in [-0.2, -0.15) is 0 Å². The summed E-state index contributed by atoms with van der Waals surface area (Å²) in [6.07, 6.45) is 2.92. The summed E-state index contributed by atoms with van der Waals surface area (Å²) in [7, 11) is 3.54. The van der Waals surface area contributed by atoms with Crippen LogP contribution in [0.2, 0.25) is 0 Å². The van der Waals surface area contributed by atoms with E-state index in [1.54, 1.807) is 30.8 Å². The number of nitrogens with zero attached hydrogens (tertiary/aromatic N) is 2. The fraction of sp³-hybridized carbons (Fsp3) is 0.391. The minimum atomic E-state index is 0. The molecule has 0 spiro atoms. The molecule has 0 aliphatic rings. The number of thioether (sulfide) groups is 1. The zero-order valence-corrected chi connectivity index (χ0v) is 21.6. The zero-order valence-electron chi connectivity index (χ0n) is 18.5. The van der Waals surface area contributed by atoms with Gasteiger partial charge in [0.05, 0.1) is 6.54 Å². The van der Waals surface area contributed by atoms with E-state index < -0.39 is 0 Å². The molecule has 30 heavy (non-hydrogen) atoms. The summed E-state index contributed by atoms with van der Waals surface area (Å²) in [6.45, 7) is 6.36. The average molecular weight is 541 g/mol. The number of halogens is 1. The summed E-state index contributed by atoms with van der Waals surface area (Å²) >= 11 is 1.75. The number of rotatable bonds is 8. The summed E-state index contributed by atoms with van der Waals surface area (Å²) in [5.41, 5.74) is 4.35. The molecule has 0 aliphatic heterocycles. The Morgan fingerprint density at radius 3 is 2.57 bits per heavy atom. The van der Waals surface area contributed by atoms with Crippen molar-refractivity contribution in [3.8, 4) is 0 Å². The van der Waals surface area contributed by atoms with E-state index in [4.69, 9.17) is 4.99 Å². The highest BCUT2D eigenvalue weighted by molar-refractivity contribution is 14.0. The van der Waals surface area contributed by atoms with Crippen LogP contribution in [0.3, 0.4) is 0 Å². The van der Waals surface area contributed by atoms with Gasteiger partial charge in [-0.1, -0.05) is 24.3 Å². The molecule has 0 atom stereocenters. The topological polar surface area (TPSA) is 56.7 Å². The van der Waals surface area contributed by atoms with E-state index in [1.807, 2.05) is 18.2 Å². The van der Waals surface area contributed by atoms with Gasteiger partial charge in [0.15, 0.2) is 5.96 Å². The molecule has 2 rings (SSSR count). The number of nitrogens with one attached hydrogen (secondary N) is 2. The van der Waals surface area contributed by atoms with Crippen LogP contribution in [0, 0.1) is 6.92 Å². The van der Waals surface area contributed by atoms with Gasteiger partial charge < -0.3 is 15.5 Å². The Morgan fingerprint density at radius 1 is 1.13 bits per heavy atom. The van der Waals surface area contributed by atoms with Gasteiger partial charge >= 0.3 is 0 Å². The number of guanidine groups is 1. The Morgan fingerprint density at radius 2 is 1.90 bits per heavy atom. The summed E-state index contributed by atoms with van der Waals surface area (Å²) in [5, 5.41) is 6.70. The number of carbonyl (C=O) groups is 1. The monoisotopic (exact) mass is 540 g/mol. The molecule has 5 nitrogen and oxygen atoms in total. The van der Waals surface area contributed by atoms with Crippen molar-refractivity contribution in [1.82, 2.24) is 15.5 Å². The lowest BCUT2D eigenvalue weighted by Crippen LogP contribution is -2.38. The number of carbonyl (C=O) groups excluding carboxylic acids is 1. The minimum absolute atomic E-state index is 0. The van der Waals surface area contributed by atoms with Gasteiger partial charge in [0.25, 0.3) is 5.91 Å². The van der Waals surface area contributed by atoms with Gasteiger partial charge in [0, 0.05) is 37.6 Å². The van der Waals surface area contributed by atoms with Crippen molar-refractivity contribution in [2.45, 2.75) is 31.7 Å². The first kappa shape index (κ1) is 26.3. The first-order valence-corrected chi connectivity index (χ1v) is 11.1. The highest BCUT2D eigenvalue weighted by Crippen LogP contribution is 2.22. The molecule has 2 aromatic rings. The Kier molecular flexibility index (Phi) is 11.9. The van der Waals surface area contributed by atoms with Crippen molar-refractivity contribution in [2.24, 2.45) is 4.99 Å². The normalized spacial score (nSPS) is 10.9. The van der Waals surface area contributed by atoms with E-state index in [0.717, 1.165) is 36.6 Å². The quantitative estimate of drug-likeness (QED) is 0.227. The van der Waals surface area contributed by atoms with Crippen LogP contribution < -0.4 is 10.6 Å². The minimum Gasteiger partial charge on any atom is -0.357 e. The van der Waals surface area contributed by atoms with E-state index in [9.17, 15) is 4.79 Å². The van der Waals surface area contributed by atoms with Gasteiger partial charge in [-0.05, 0) is 61.4 Å². The molecule has 0 radical (unpaired) electrons. The highest BCUT2D eigenvalue weighted by Gasteiger charge is 2.08. The Bertz CT molecular complexity index is 855. The molecule has 2 N–H and O–H groups in total. The third kappa shape index (κ3) is 8.18. The number of aliphatic imine (C=N–C) groups is 1. The largest absolute Gasteiger partial charge is 0.357 e. The molecular weight excluding hydrogens is 507 g/mol. The van der Waals surface area contributed by atoms with Gasteiger partial charge in [0.1, 0.15) is 0 Å². The number of benzene rings is 2. The fourth-order valence-corrected chi connectivity index (χ4v) is 3.63. The van der Waals surface area contributed by atoms with Gasteiger partial charge in [-0.3, -0.25) is 4.79 Å². The van der Waals surface area contributed by atoms with Crippen LogP contribution in [0.25, 0.3) is 0 Å². The molecule has 0 saturated heterocycles. The SMILES string of the molecule is CCNC(=NCc1ccc(C)cc1SC)NCCc1cccc(C(=O)N(C)C)c1.I. The molecule has 0 heterocycles. The van der Waals surface area contributed by atoms with Gasteiger partial charge in [-0.15, -0.1) is 35.7 Å². The second-order valence-electron chi connectivity index (χ2n) is 7.09. The number of aryl methyl sites for hydroxylation is 1. The Balaban J connectivity index is 0.00000450. The summed E-state index contributed by atoms with van der Waals surface area (Å²) in [4.78, 5) is 19.7. The molecule has 1 amide bonds. The van der Waals surface area contributed by atoms with Crippen LogP contribution in [-0.2, 0) is 13.0 Å². The molecule has 7 heteroatoms. The molecule has 0 fully saturated rings. The molecule has 0 saturated carbocycles. The van der Waals surface area contributed by atoms with E-state index in [1.165, 1.54) is 16.0 Å². The van der Waals surface area contributed by atoms with Crippen LogP contribution >= 0.6 is 35.7 Å². The van der Waals surface area contributed by atoms with E-state index in [0.29, 0.717) is 6.54 Å². The summed E-state index contributed by atoms with van der Waals surface area (Å²) in [6, 6.07) is 14.3. The third-order valence-corrected chi connectivity index (χ3v) is 5.30. The second kappa shape index (κ2) is 13.5. The standard InChI is InChI=1S/C23H32N4OS.HI/c1-6-24-23(26-16-20-11-10-17(2)14-21(20)29-5)25-13-12-18-8-7-9-19(15-18)22(28)27(3)4;/h7-11,14-15H,6,12-13,16H2,1-5H3,(H2,24,25,26);1H. The van der Waals surface area contributed by atoms with Crippen molar-refractivity contribution < 1.29 is 4.79 Å². The van der Waals surface area contributed by atoms with E-state index in [-0.39, 0.29) is 29.9 Å². The molecular formula is C23H33IN4OS. The van der Waals surface area contributed by atoms with Crippen LogP contribution in [0.15, 0.2) is 52.4 Å². The summed E-state index contributed by atoms with van der Waals surface area (Å²) < 4.78 is 0. The van der Waals surface area contributed by atoms with E-state index in [2.05, 4.69) is 55.0 Å². The number of hydrogen-bond donors (Lipinski definition) is 2. The lowest BCUT2D eigenvalue weighted by Gasteiger charge is -2.13. The molecule has 0 bridgehead atoms. The zero-order chi connectivity index (χ0) is 21.2. The fourth-order valence-electron chi connectivity index (χ4n) is 2.93. The third-order valence-electron chi connectivity index (χ3n) is 4.48. The van der Waals surface area contributed by atoms with Crippen molar-refractivity contribution in [3.63, 3.8) is 0 Å². The van der Waals surface area contributed by atoms with Crippen LogP contribution in [-0.4, -0.2) is 50.2 Å². The smallest absolute Gasteiger partial charge is 0.253 e. The molecule has 164 valence electrons. The Labute approximate surface area is 202 Å². The lowest BCUT2D eigenvalue weighted by atomic mass is 10.1. The predicted molar refractivity (Wildman–Crippen MR) is 139 cm³/mol. The van der Waals surface area contributed by atoms with Crippen molar-refractivity contribution >= 4 is 47.6 Å². The molecule has 0 unspecified atom stereocenters. The predicted octanol–water partition coefficient (Wildman–Crippen LogP) is 4.33. The van der Waals surface area contributed by atoms with Crippen molar-refractivity contribution in [3.05, 3.63) is 64.7 Å². The van der Waals surface area contributed by atoms with Gasteiger partial charge in [0.2, 0.25) is 0 Å².